The highest BCUT2D eigenvalue weighted by Crippen LogP contribution is 2.02. The van der Waals surface area contributed by atoms with Crippen molar-refractivity contribution in [1.29, 1.82) is 0 Å². The zero-order chi connectivity index (χ0) is 14.6. The Morgan fingerprint density at radius 1 is 1.40 bits per heavy atom. The van der Waals surface area contributed by atoms with E-state index in [0.29, 0.717) is 11.5 Å². The van der Waals surface area contributed by atoms with E-state index < -0.39 is 9.84 Å². The van der Waals surface area contributed by atoms with Crippen molar-refractivity contribution < 1.29 is 13.2 Å². The van der Waals surface area contributed by atoms with Gasteiger partial charge in [0.15, 0.2) is 9.84 Å². The average Bonchev–Trinajstić information content (AvgIpc) is 2.75. The number of carbonyl (C=O) groups is 1. The Labute approximate surface area is 115 Å². The number of hydrogen-bond donors (Lipinski definition) is 1. The smallest absolute Gasteiger partial charge is 0.247 e. The van der Waals surface area contributed by atoms with Crippen LogP contribution in [0.2, 0.25) is 0 Å². The summed E-state index contributed by atoms with van der Waals surface area (Å²) in [6, 6.07) is 5.15. The molecule has 0 aliphatic heterocycles. The van der Waals surface area contributed by atoms with Gasteiger partial charge in [0.1, 0.15) is 12.4 Å². The number of sulfone groups is 1. The van der Waals surface area contributed by atoms with E-state index in [9.17, 15) is 13.2 Å². The van der Waals surface area contributed by atoms with E-state index >= 15 is 0 Å². The number of rotatable bonds is 5. The first-order valence-corrected chi connectivity index (χ1v) is 7.76. The second-order valence-electron chi connectivity index (χ2n) is 4.24. The lowest BCUT2D eigenvalue weighted by atomic mass is 10.4. The quantitative estimate of drug-likeness (QED) is 0.822. The Morgan fingerprint density at radius 3 is 2.85 bits per heavy atom. The molecule has 2 aromatic heterocycles. The van der Waals surface area contributed by atoms with E-state index in [0.717, 1.165) is 6.26 Å². The molecule has 0 unspecified atom stereocenters. The van der Waals surface area contributed by atoms with E-state index in [4.69, 9.17) is 0 Å². The normalized spacial score (nSPS) is 11.2. The average molecular weight is 295 g/mol. The van der Waals surface area contributed by atoms with Gasteiger partial charge in [0.05, 0.1) is 17.6 Å². The fraction of sp³-hybridized carbons (Fsp3) is 0.273. The molecular formula is C11H13N5O3S. The van der Waals surface area contributed by atoms with Crippen molar-refractivity contribution in [3.05, 3.63) is 36.3 Å². The molecule has 106 valence electrons. The molecule has 9 heteroatoms. The molecule has 0 saturated carbocycles. The van der Waals surface area contributed by atoms with Gasteiger partial charge < -0.3 is 5.32 Å². The Balaban J connectivity index is 1.95. The third-order valence-corrected chi connectivity index (χ3v) is 3.05. The SMILES string of the molecule is CS(=O)(=O)Cc1cn(CC(=O)Nc2ccccn2)nn1. The van der Waals surface area contributed by atoms with Gasteiger partial charge in [0.2, 0.25) is 5.91 Å². The van der Waals surface area contributed by atoms with Gasteiger partial charge in [-0.2, -0.15) is 0 Å². The van der Waals surface area contributed by atoms with Crippen LogP contribution in [-0.4, -0.2) is 40.6 Å². The van der Waals surface area contributed by atoms with Gasteiger partial charge in [0, 0.05) is 12.5 Å². The minimum Gasteiger partial charge on any atom is -0.309 e. The van der Waals surface area contributed by atoms with Crippen LogP contribution in [0.1, 0.15) is 5.69 Å². The zero-order valence-corrected chi connectivity index (χ0v) is 11.5. The Hall–Kier alpha value is -2.29. The lowest BCUT2D eigenvalue weighted by Gasteiger charge is -2.03. The van der Waals surface area contributed by atoms with Crippen LogP contribution in [-0.2, 0) is 26.9 Å². The maximum atomic E-state index is 11.7. The van der Waals surface area contributed by atoms with Crippen molar-refractivity contribution in [2.75, 3.05) is 11.6 Å². The highest BCUT2D eigenvalue weighted by atomic mass is 32.2. The molecule has 1 N–H and O–H groups in total. The van der Waals surface area contributed by atoms with Crippen molar-refractivity contribution in [3.63, 3.8) is 0 Å². The minimum atomic E-state index is -3.17. The molecule has 0 atom stereocenters. The number of pyridine rings is 1. The van der Waals surface area contributed by atoms with Crippen LogP contribution in [0.4, 0.5) is 5.82 Å². The van der Waals surface area contributed by atoms with Crippen molar-refractivity contribution in [1.82, 2.24) is 20.0 Å². The van der Waals surface area contributed by atoms with Crippen LogP contribution in [0.5, 0.6) is 0 Å². The van der Waals surface area contributed by atoms with Crippen LogP contribution in [0, 0.1) is 0 Å². The van der Waals surface area contributed by atoms with Gasteiger partial charge in [-0.1, -0.05) is 11.3 Å². The van der Waals surface area contributed by atoms with E-state index in [1.807, 2.05) is 0 Å². The van der Waals surface area contributed by atoms with Gasteiger partial charge in [0.25, 0.3) is 0 Å². The fourth-order valence-corrected chi connectivity index (χ4v) is 2.19. The first kappa shape index (κ1) is 14.1. The molecule has 0 spiro atoms. The second kappa shape index (κ2) is 5.78. The number of nitrogens with zero attached hydrogens (tertiary/aromatic N) is 4. The van der Waals surface area contributed by atoms with Gasteiger partial charge in [-0.25, -0.2) is 18.1 Å². The van der Waals surface area contributed by atoms with Gasteiger partial charge in [-0.3, -0.25) is 4.79 Å². The summed E-state index contributed by atoms with van der Waals surface area (Å²) in [5.74, 6) is -0.0806. The van der Waals surface area contributed by atoms with Crippen LogP contribution in [0.3, 0.4) is 0 Å². The molecule has 0 bridgehead atoms. The lowest BCUT2D eigenvalue weighted by molar-refractivity contribution is -0.116. The summed E-state index contributed by atoms with van der Waals surface area (Å²) in [5, 5.41) is 9.99. The van der Waals surface area contributed by atoms with Crippen LogP contribution < -0.4 is 5.32 Å². The van der Waals surface area contributed by atoms with Crippen molar-refractivity contribution in [2.45, 2.75) is 12.3 Å². The van der Waals surface area contributed by atoms with Gasteiger partial charge in [-0.15, -0.1) is 5.10 Å². The first-order valence-electron chi connectivity index (χ1n) is 5.70. The Morgan fingerprint density at radius 2 is 2.20 bits per heavy atom. The van der Waals surface area contributed by atoms with E-state index in [2.05, 4.69) is 20.6 Å². The molecule has 1 amide bonds. The maximum absolute atomic E-state index is 11.7. The first-order chi connectivity index (χ1) is 9.42. The number of nitrogens with one attached hydrogen (secondary N) is 1. The number of carbonyl (C=O) groups excluding carboxylic acids is 1. The van der Waals surface area contributed by atoms with Gasteiger partial charge in [-0.05, 0) is 12.1 Å². The summed E-state index contributed by atoms with van der Waals surface area (Å²) in [4.78, 5) is 15.7. The Bertz CT molecular complexity index is 696. The van der Waals surface area contributed by atoms with Crippen LogP contribution in [0.15, 0.2) is 30.6 Å². The molecule has 2 heterocycles. The van der Waals surface area contributed by atoms with E-state index in [-0.39, 0.29) is 18.2 Å². The monoisotopic (exact) mass is 295 g/mol. The molecular weight excluding hydrogens is 282 g/mol. The summed E-state index contributed by atoms with van der Waals surface area (Å²) >= 11 is 0. The molecule has 2 rings (SSSR count). The van der Waals surface area contributed by atoms with E-state index in [1.165, 1.54) is 10.9 Å². The molecule has 0 saturated heterocycles. The summed E-state index contributed by atoms with van der Waals surface area (Å²) in [6.45, 7) is -0.0622. The standard InChI is InChI=1S/C11H13N5O3S/c1-20(18,19)8-9-6-16(15-14-9)7-11(17)13-10-4-2-3-5-12-10/h2-6H,7-8H2,1H3,(H,12,13,17). The molecule has 0 aromatic carbocycles. The fourth-order valence-electron chi connectivity index (χ4n) is 1.52. The minimum absolute atomic E-state index is 0.0622. The third kappa shape index (κ3) is 4.43. The predicted molar refractivity (Wildman–Crippen MR) is 71.4 cm³/mol. The Kier molecular flexibility index (Phi) is 4.08. The number of amides is 1. The summed E-state index contributed by atoms with van der Waals surface area (Å²) in [6.07, 6.45) is 4.11. The zero-order valence-electron chi connectivity index (χ0n) is 10.7. The van der Waals surface area contributed by atoms with Crippen LogP contribution >= 0.6 is 0 Å². The summed E-state index contributed by atoms with van der Waals surface area (Å²) in [5.41, 5.74) is 0.304. The second-order valence-corrected chi connectivity index (χ2v) is 6.38. The molecule has 0 radical (unpaired) electrons. The highest BCUT2D eigenvalue weighted by Gasteiger charge is 2.10. The summed E-state index contributed by atoms with van der Waals surface area (Å²) < 4.78 is 23.5. The molecule has 2 aromatic rings. The molecule has 0 aliphatic rings. The predicted octanol–water partition coefficient (Wildman–Crippen LogP) is -0.144. The highest BCUT2D eigenvalue weighted by molar-refractivity contribution is 7.89. The number of aromatic nitrogens is 4. The van der Waals surface area contributed by atoms with Gasteiger partial charge >= 0.3 is 0 Å². The third-order valence-electron chi connectivity index (χ3n) is 2.23. The molecule has 20 heavy (non-hydrogen) atoms. The molecule has 8 nitrogen and oxygen atoms in total. The summed E-state index contributed by atoms with van der Waals surface area (Å²) in [7, 11) is -3.17. The van der Waals surface area contributed by atoms with Crippen molar-refractivity contribution in [2.24, 2.45) is 0 Å². The van der Waals surface area contributed by atoms with E-state index in [1.54, 1.807) is 24.4 Å². The largest absolute Gasteiger partial charge is 0.309 e. The molecule has 0 aliphatic carbocycles. The van der Waals surface area contributed by atoms with Crippen molar-refractivity contribution in [3.8, 4) is 0 Å². The maximum Gasteiger partial charge on any atom is 0.247 e. The van der Waals surface area contributed by atoms with Crippen molar-refractivity contribution >= 4 is 21.6 Å². The lowest BCUT2D eigenvalue weighted by Crippen LogP contribution is -2.19. The number of hydrogen-bond acceptors (Lipinski definition) is 6. The molecule has 0 fully saturated rings. The number of anilines is 1. The topological polar surface area (TPSA) is 107 Å². The van der Waals surface area contributed by atoms with Crippen LogP contribution in [0.25, 0.3) is 0 Å².